The summed E-state index contributed by atoms with van der Waals surface area (Å²) in [5.74, 6) is 0.0196. The number of nitrogens with zero attached hydrogens (tertiary/aromatic N) is 3. The van der Waals surface area contributed by atoms with Crippen molar-refractivity contribution < 1.29 is 29.2 Å². The molecule has 1 aliphatic carbocycles. The van der Waals surface area contributed by atoms with Crippen LogP contribution in [0, 0.1) is 16.7 Å². The van der Waals surface area contributed by atoms with Crippen molar-refractivity contribution in [2.24, 2.45) is 5.41 Å². The van der Waals surface area contributed by atoms with Crippen LogP contribution in [0.15, 0.2) is 79.2 Å². The van der Waals surface area contributed by atoms with E-state index in [0.717, 1.165) is 48.2 Å². The molecule has 1 unspecified atom stereocenters. The van der Waals surface area contributed by atoms with Gasteiger partial charge in [0.25, 0.3) is 0 Å². The molecular formula is C39H45ClN4O6. The molecule has 0 radical (unpaired) electrons. The highest BCUT2D eigenvalue weighted by molar-refractivity contribution is 6.32. The number of aliphatic carboxylic acids is 1. The molecule has 0 spiro atoms. The lowest BCUT2D eigenvalue weighted by Gasteiger charge is -2.47. The summed E-state index contributed by atoms with van der Waals surface area (Å²) in [4.78, 5) is 17.5. The van der Waals surface area contributed by atoms with E-state index in [1.54, 1.807) is 24.4 Å². The van der Waals surface area contributed by atoms with Crippen LogP contribution in [0.1, 0.15) is 55.4 Å². The van der Waals surface area contributed by atoms with E-state index >= 15 is 0 Å². The van der Waals surface area contributed by atoms with Crippen LogP contribution in [-0.4, -0.2) is 77.2 Å². The third-order valence-corrected chi connectivity index (χ3v) is 9.67. The summed E-state index contributed by atoms with van der Waals surface area (Å²) in [5, 5.41) is 31.9. The molecule has 264 valence electrons. The molecule has 10 nitrogen and oxygen atoms in total. The largest absolute Gasteiger partial charge is 0.488 e. The van der Waals surface area contributed by atoms with Crippen LogP contribution in [0.4, 0.5) is 0 Å². The highest BCUT2D eigenvalue weighted by Gasteiger charge is 2.49. The summed E-state index contributed by atoms with van der Waals surface area (Å²) >= 11 is 6.85. The maximum atomic E-state index is 11.1. The molecule has 0 bridgehead atoms. The smallest absolute Gasteiger partial charge is 0.304 e. The lowest BCUT2D eigenvalue weighted by atomic mass is 9.65. The molecule has 2 heterocycles. The quantitative estimate of drug-likeness (QED) is 0.143. The molecule has 2 aromatic carbocycles. The van der Waals surface area contributed by atoms with Crippen LogP contribution in [0.5, 0.6) is 11.5 Å². The topological polar surface area (TPSA) is 137 Å². The Morgan fingerprint density at radius 3 is 2.72 bits per heavy atom. The van der Waals surface area contributed by atoms with E-state index in [0.29, 0.717) is 41.8 Å². The molecule has 5 rings (SSSR count). The number of aromatic nitrogens is 1. The fourth-order valence-electron chi connectivity index (χ4n) is 6.43. The number of benzene rings is 2. The number of aliphatic hydroxyl groups is 1. The van der Waals surface area contributed by atoms with Gasteiger partial charge in [0.15, 0.2) is 0 Å². The van der Waals surface area contributed by atoms with Gasteiger partial charge in [-0.3, -0.25) is 9.78 Å². The monoisotopic (exact) mass is 700 g/mol. The number of rotatable bonds is 17. The summed E-state index contributed by atoms with van der Waals surface area (Å²) in [7, 11) is 0. The zero-order valence-electron chi connectivity index (χ0n) is 28.6. The molecule has 0 amide bonds. The van der Waals surface area contributed by atoms with Crippen molar-refractivity contribution in [3.63, 3.8) is 0 Å². The molecule has 1 saturated heterocycles. The molecular weight excluding hydrogens is 656 g/mol. The first-order chi connectivity index (χ1) is 24.1. The minimum absolute atomic E-state index is 0.0253. The second-order valence-electron chi connectivity index (χ2n) is 13.2. The van der Waals surface area contributed by atoms with E-state index < -0.39 is 17.0 Å². The minimum Gasteiger partial charge on any atom is -0.488 e. The van der Waals surface area contributed by atoms with Gasteiger partial charge in [-0.15, -0.1) is 0 Å². The third-order valence-electron chi connectivity index (χ3n) is 9.38. The van der Waals surface area contributed by atoms with Gasteiger partial charge in [0.1, 0.15) is 36.4 Å². The Morgan fingerprint density at radius 2 is 1.98 bits per heavy atom. The lowest BCUT2D eigenvalue weighted by molar-refractivity contribution is -0.136. The number of nitrogens with one attached hydrogen (secondary N) is 1. The summed E-state index contributed by atoms with van der Waals surface area (Å²) in [6, 6.07) is 17.6. The van der Waals surface area contributed by atoms with Crippen LogP contribution in [-0.2, 0) is 22.7 Å². The molecule has 3 aromatic rings. The van der Waals surface area contributed by atoms with Gasteiger partial charge in [0.2, 0.25) is 0 Å². The Bertz CT molecular complexity index is 1720. The van der Waals surface area contributed by atoms with Crippen molar-refractivity contribution in [3.8, 4) is 17.6 Å². The van der Waals surface area contributed by atoms with Gasteiger partial charge in [-0.2, -0.15) is 5.26 Å². The number of allylic oxidation sites excluding steroid dienone is 2. The highest BCUT2D eigenvalue weighted by atomic mass is 35.5. The molecule has 1 aromatic heterocycles. The third kappa shape index (κ3) is 9.30. The van der Waals surface area contributed by atoms with Crippen LogP contribution in [0.2, 0.25) is 5.02 Å². The van der Waals surface area contributed by atoms with Crippen LogP contribution < -0.4 is 14.8 Å². The van der Waals surface area contributed by atoms with Crippen molar-refractivity contribution in [1.29, 1.82) is 5.26 Å². The summed E-state index contributed by atoms with van der Waals surface area (Å²) < 4.78 is 19.7. The number of carboxylic acid groups (broad SMARTS) is 1. The summed E-state index contributed by atoms with van der Waals surface area (Å²) in [6.07, 6.45) is 10.7. The lowest BCUT2D eigenvalue weighted by Crippen LogP contribution is -2.52. The van der Waals surface area contributed by atoms with Crippen molar-refractivity contribution in [3.05, 3.63) is 106 Å². The Kier molecular flexibility index (Phi) is 12.7. The van der Waals surface area contributed by atoms with Gasteiger partial charge < -0.3 is 34.6 Å². The molecule has 11 heteroatoms. The predicted octanol–water partition coefficient (Wildman–Crippen LogP) is 6.02. The SMILES string of the molecule is CC1(C)C(c2ccccc2)=CC=C[C@@]1(COc1cc(OCc2cncc(C#N)c2)c(CNCCC(=O)O)cc1Cl)OCCCN1CCC(O)C1. The number of pyridine rings is 1. The zero-order valence-corrected chi connectivity index (χ0v) is 29.4. The van der Waals surface area contributed by atoms with Gasteiger partial charge in [-0.25, -0.2) is 0 Å². The average molecular weight is 701 g/mol. The van der Waals surface area contributed by atoms with E-state index in [-0.39, 0.29) is 32.3 Å². The second-order valence-corrected chi connectivity index (χ2v) is 13.7. The minimum atomic E-state index is -0.892. The van der Waals surface area contributed by atoms with E-state index in [4.69, 9.17) is 30.9 Å². The normalized spacial score (nSPS) is 19.9. The van der Waals surface area contributed by atoms with Gasteiger partial charge in [0, 0.05) is 74.3 Å². The molecule has 0 saturated carbocycles. The molecule has 1 aliphatic heterocycles. The maximum absolute atomic E-state index is 11.1. The number of β-amino-alcohol motifs (C(OH)–C–C–N with tert-alkyl or cyclic N) is 1. The number of likely N-dealkylation sites (tertiary alicyclic amines) is 1. The molecule has 2 atom stereocenters. The fraction of sp³-hybridized carbons (Fsp3) is 0.410. The van der Waals surface area contributed by atoms with Crippen LogP contribution >= 0.6 is 11.6 Å². The first kappa shape index (κ1) is 37.0. The number of hydrogen-bond donors (Lipinski definition) is 3. The average Bonchev–Trinajstić information content (AvgIpc) is 3.53. The maximum Gasteiger partial charge on any atom is 0.304 e. The fourth-order valence-corrected chi connectivity index (χ4v) is 6.67. The summed E-state index contributed by atoms with van der Waals surface area (Å²) in [5.41, 5.74) is 2.73. The number of nitriles is 1. The van der Waals surface area contributed by atoms with E-state index in [2.05, 4.69) is 59.4 Å². The van der Waals surface area contributed by atoms with Gasteiger partial charge >= 0.3 is 5.97 Å². The number of ether oxygens (including phenoxy) is 3. The molecule has 3 N–H and O–H groups in total. The number of aliphatic hydroxyl groups excluding tert-OH is 1. The summed E-state index contributed by atoms with van der Waals surface area (Å²) in [6.45, 7) is 8.13. The Balaban J connectivity index is 1.39. The Morgan fingerprint density at radius 1 is 1.16 bits per heavy atom. The number of carboxylic acids is 1. The van der Waals surface area contributed by atoms with Gasteiger partial charge in [0.05, 0.1) is 23.1 Å². The number of hydrogen-bond acceptors (Lipinski definition) is 9. The standard InChI is InChI=1S/C39H45ClN4O6/c1-38(2)33(30-8-4-3-5-9-30)10-6-13-39(38,50-17-7-15-44-16-12-32(45)25-44)27-49-36-20-35(48-26-29-18-28(21-41)22-43-23-29)31(19-34(36)40)24-42-14-11-37(46)47/h3-6,8-10,13,18-20,22-23,32,42,45H,7,11-12,14-17,24-27H2,1-2H3,(H,46,47)/t32?,39-/m0/s1. The van der Waals surface area contributed by atoms with Crippen molar-refractivity contribution in [2.75, 3.05) is 39.4 Å². The first-order valence-electron chi connectivity index (χ1n) is 16.9. The van der Waals surface area contributed by atoms with Crippen LogP contribution in [0.3, 0.4) is 0 Å². The first-order valence-corrected chi connectivity index (χ1v) is 17.3. The number of halogens is 1. The number of carbonyl (C=O) groups is 1. The molecule has 50 heavy (non-hydrogen) atoms. The van der Waals surface area contributed by atoms with Crippen molar-refractivity contribution in [1.82, 2.24) is 15.2 Å². The Labute approximate surface area is 298 Å². The van der Waals surface area contributed by atoms with Crippen LogP contribution in [0.25, 0.3) is 5.57 Å². The van der Waals surface area contributed by atoms with Gasteiger partial charge in [-0.05, 0) is 42.2 Å². The molecule has 1 fully saturated rings. The van der Waals surface area contributed by atoms with E-state index in [9.17, 15) is 15.2 Å². The Hall–Kier alpha value is -4.24. The van der Waals surface area contributed by atoms with E-state index in [1.165, 1.54) is 6.20 Å². The van der Waals surface area contributed by atoms with Crippen molar-refractivity contribution in [2.45, 2.75) is 58.0 Å². The predicted molar refractivity (Wildman–Crippen MR) is 192 cm³/mol. The van der Waals surface area contributed by atoms with Gasteiger partial charge in [-0.1, -0.05) is 67.9 Å². The van der Waals surface area contributed by atoms with E-state index in [1.807, 2.05) is 24.3 Å². The van der Waals surface area contributed by atoms with Crippen molar-refractivity contribution >= 4 is 23.1 Å². The highest BCUT2D eigenvalue weighted by Crippen LogP contribution is 2.49. The molecule has 2 aliphatic rings. The zero-order chi connectivity index (χ0) is 35.6. The second kappa shape index (κ2) is 17.1.